The zero-order chi connectivity index (χ0) is 5.11. The molecule has 0 bridgehead atoms. The first-order valence-electron chi connectivity index (χ1n) is 2.68. The first kappa shape index (κ1) is 22.4. The number of nitrogens with one attached hydrogen (secondary N) is 1. The quantitative estimate of drug-likeness (QED) is 0.332. The van der Waals surface area contributed by atoms with Gasteiger partial charge < -0.3 is 26.8 Å². The molecule has 6 heteroatoms. The number of rotatable bonds is 1. The van der Waals surface area contributed by atoms with Crippen LogP contribution < -0.4 is 0 Å². The molecule has 0 aliphatic carbocycles. The van der Waals surface area contributed by atoms with Gasteiger partial charge in [-0.3, -0.25) is 5.41 Å². The van der Waals surface area contributed by atoms with E-state index in [0.29, 0.717) is 0 Å². The van der Waals surface area contributed by atoms with Gasteiger partial charge >= 0.3 is 0 Å². The lowest BCUT2D eigenvalue weighted by atomic mass is 10.4. The van der Waals surface area contributed by atoms with Crippen LogP contribution in [0.3, 0.4) is 0 Å². The van der Waals surface area contributed by atoms with Crippen LogP contribution in [-0.2, 0) is 0 Å². The van der Waals surface area contributed by atoms with Gasteiger partial charge in [0, 0.05) is 13.1 Å². The van der Waals surface area contributed by atoms with E-state index < -0.39 is 0 Å². The van der Waals surface area contributed by atoms with Gasteiger partial charge in [0.2, 0.25) is 0 Å². The maximum atomic E-state index is 6.80. The van der Waals surface area contributed by atoms with Crippen LogP contribution in [0.15, 0.2) is 0 Å². The van der Waals surface area contributed by atoms with Crippen molar-refractivity contribution in [1.82, 2.24) is 4.90 Å². The highest BCUT2D eigenvalue weighted by atomic mass is 16.0. The van der Waals surface area contributed by atoms with E-state index in [1.54, 1.807) is 0 Å². The minimum atomic E-state index is 0. The molecule has 0 aromatic carbocycles. The monoisotopic (exact) mass is 170 g/mol. The summed E-state index contributed by atoms with van der Waals surface area (Å²) in [4.78, 5) is 2.03. The van der Waals surface area contributed by atoms with Crippen molar-refractivity contribution in [1.29, 1.82) is 5.41 Å². The second-order valence-corrected chi connectivity index (χ2v) is 1.87. The first-order valence-corrected chi connectivity index (χ1v) is 2.68. The lowest BCUT2D eigenvalue weighted by Crippen LogP contribution is -2.15. The van der Waals surface area contributed by atoms with Crippen LogP contribution in [0, 0.1) is 5.41 Å². The zero-order valence-corrected chi connectivity index (χ0v) is 6.35. The third-order valence-electron chi connectivity index (χ3n) is 1.32. The van der Waals surface area contributed by atoms with Crippen molar-refractivity contribution in [2.24, 2.45) is 0 Å². The Balaban J connectivity index is -0.0000000612. The van der Waals surface area contributed by atoms with Gasteiger partial charge in [-0.1, -0.05) is 0 Å². The molecular weight excluding hydrogens is 152 g/mol. The molecule has 0 unspecified atom stereocenters. The molecule has 1 saturated heterocycles. The van der Waals surface area contributed by atoms with Crippen LogP contribution in [0.4, 0.5) is 0 Å². The minimum Gasteiger partial charge on any atom is -0.412 e. The highest BCUT2D eigenvalue weighted by Crippen LogP contribution is 2.02. The minimum absolute atomic E-state index is 0. The summed E-state index contributed by atoms with van der Waals surface area (Å²) in [6.45, 7) is 2.20. The average molecular weight is 170 g/mol. The fourth-order valence-electron chi connectivity index (χ4n) is 0.871. The van der Waals surface area contributed by atoms with Crippen molar-refractivity contribution in [3.8, 4) is 0 Å². The molecule has 0 aromatic heterocycles. The van der Waals surface area contributed by atoms with Crippen LogP contribution in [0.5, 0.6) is 0 Å². The normalized spacial score (nSPS) is 12.9. The van der Waals surface area contributed by atoms with Crippen molar-refractivity contribution in [2.45, 2.75) is 12.8 Å². The fourth-order valence-corrected chi connectivity index (χ4v) is 0.871. The molecule has 0 aromatic rings. The Morgan fingerprint density at radius 1 is 0.909 bits per heavy atom. The molecule has 1 heterocycles. The molecule has 6 nitrogen and oxygen atoms in total. The maximum Gasteiger partial charge on any atom is 0.0817 e. The summed E-state index contributed by atoms with van der Waals surface area (Å²) in [5, 5.41) is 6.80. The van der Waals surface area contributed by atoms with Crippen molar-refractivity contribution in [3.05, 3.63) is 0 Å². The van der Waals surface area contributed by atoms with Gasteiger partial charge in [0.1, 0.15) is 0 Å². The van der Waals surface area contributed by atoms with Gasteiger partial charge in [-0.15, -0.1) is 0 Å². The Bertz CT molecular complexity index is 74.9. The molecule has 1 aliphatic rings. The summed E-state index contributed by atoms with van der Waals surface area (Å²) >= 11 is 0. The van der Waals surface area contributed by atoms with E-state index in [0.717, 1.165) is 13.1 Å². The van der Waals surface area contributed by atoms with E-state index in [1.165, 1.54) is 19.2 Å². The van der Waals surface area contributed by atoms with Gasteiger partial charge in [0.25, 0.3) is 0 Å². The second-order valence-electron chi connectivity index (χ2n) is 1.87. The summed E-state index contributed by atoms with van der Waals surface area (Å²) in [6, 6.07) is 0. The van der Waals surface area contributed by atoms with E-state index in [-0.39, 0.29) is 21.9 Å². The number of hydrogen-bond donors (Lipinski definition) is 1. The third-order valence-corrected chi connectivity index (χ3v) is 1.32. The largest absolute Gasteiger partial charge is 0.412 e. The van der Waals surface area contributed by atoms with Crippen LogP contribution >= 0.6 is 0 Å². The topological polar surface area (TPSA) is 153 Å². The van der Waals surface area contributed by atoms with E-state index in [9.17, 15) is 0 Å². The predicted octanol–water partition coefficient (Wildman–Crippen LogP) is -2.61. The molecule has 0 atom stereocenters. The molecule has 11 heavy (non-hydrogen) atoms. The molecule has 0 spiro atoms. The molecule has 0 amide bonds. The highest BCUT2D eigenvalue weighted by Gasteiger charge is 2.04. The van der Waals surface area contributed by atoms with Crippen molar-refractivity contribution in [3.63, 3.8) is 0 Å². The molecule has 72 valence electrons. The molecule has 1 rings (SSSR count). The molecule has 0 saturated carbocycles. The van der Waals surface area contributed by atoms with Crippen molar-refractivity contribution >= 4 is 6.34 Å². The lowest BCUT2D eigenvalue weighted by Gasteiger charge is -2.05. The molecule has 1 aliphatic heterocycles. The molecule has 0 radical (unpaired) electrons. The number of likely N-dealkylation sites (tertiary alicyclic amines) is 1. The SMILES string of the molecule is N=CN1CCCC1.O.O.O.O. The Morgan fingerprint density at radius 3 is 1.45 bits per heavy atom. The standard InChI is InChI=1S/C5H10N2.4H2O/c6-5-7-3-1-2-4-7;;;;/h5-6H,1-4H2;4*1H2. The number of hydrogen-bond acceptors (Lipinski definition) is 1. The van der Waals surface area contributed by atoms with E-state index in [1.807, 2.05) is 4.90 Å². The van der Waals surface area contributed by atoms with Gasteiger partial charge in [0.05, 0.1) is 6.34 Å². The predicted molar refractivity (Wildman–Crippen MR) is 44.0 cm³/mol. The summed E-state index contributed by atoms with van der Waals surface area (Å²) in [6.07, 6.45) is 3.97. The first-order chi connectivity index (χ1) is 3.43. The fraction of sp³-hybridized carbons (Fsp3) is 0.800. The smallest absolute Gasteiger partial charge is 0.0817 e. The summed E-state index contributed by atoms with van der Waals surface area (Å²) in [5.41, 5.74) is 0. The average Bonchev–Trinajstić information content (AvgIpc) is 2.14. The van der Waals surface area contributed by atoms with Gasteiger partial charge in [0.15, 0.2) is 0 Å². The van der Waals surface area contributed by atoms with E-state index in [2.05, 4.69) is 0 Å². The Hall–Kier alpha value is -0.690. The highest BCUT2D eigenvalue weighted by molar-refractivity contribution is 5.50. The van der Waals surface area contributed by atoms with E-state index >= 15 is 0 Å². The molecule has 1 fully saturated rings. The van der Waals surface area contributed by atoms with Gasteiger partial charge in [-0.05, 0) is 12.8 Å². The third kappa shape index (κ3) is 7.20. The summed E-state index contributed by atoms with van der Waals surface area (Å²) in [7, 11) is 0. The Kier molecular flexibility index (Phi) is 24.5. The Morgan fingerprint density at radius 2 is 1.27 bits per heavy atom. The second kappa shape index (κ2) is 12.0. The van der Waals surface area contributed by atoms with Crippen molar-refractivity contribution < 1.29 is 21.9 Å². The Labute approximate surface area is 65.6 Å². The van der Waals surface area contributed by atoms with Crippen LogP contribution in [-0.4, -0.2) is 46.2 Å². The van der Waals surface area contributed by atoms with E-state index in [4.69, 9.17) is 5.41 Å². The molecule has 9 N–H and O–H groups in total. The summed E-state index contributed by atoms with van der Waals surface area (Å²) < 4.78 is 0. The van der Waals surface area contributed by atoms with Gasteiger partial charge in [-0.2, -0.15) is 0 Å². The molecular formula is C5H18N2O4. The van der Waals surface area contributed by atoms with Gasteiger partial charge in [-0.25, -0.2) is 0 Å². The van der Waals surface area contributed by atoms with Crippen LogP contribution in [0.1, 0.15) is 12.8 Å². The maximum absolute atomic E-state index is 6.80. The van der Waals surface area contributed by atoms with Crippen LogP contribution in [0.25, 0.3) is 0 Å². The lowest BCUT2D eigenvalue weighted by molar-refractivity contribution is 0.533. The zero-order valence-electron chi connectivity index (χ0n) is 6.35. The summed E-state index contributed by atoms with van der Waals surface area (Å²) in [5.74, 6) is 0. The van der Waals surface area contributed by atoms with Crippen molar-refractivity contribution in [2.75, 3.05) is 13.1 Å². The number of nitrogens with zero attached hydrogens (tertiary/aromatic N) is 1. The van der Waals surface area contributed by atoms with Crippen LogP contribution in [0.2, 0.25) is 0 Å².